The third-order valence-corrected chi connectivity index (χ3v) is 4.45. The second-order valence-corrected chi connectivity index (χ2v) is 6.98. The predicted octanol–water partition coefficient (Wildman–Crippen LogP) is 1.17. The van der Waals surface area contributed by atoms with Gasteiger partial charge in [-0.15, -0.1) is 0 Å². The van der Waals surface area contributed by atoms with Gasteiger partial charge >= 0.3 is 0 Å². The fourth-order valence-electron chi connectivity index (χ4n) is 2.31. The first-order chi connectivity index (χ1) is 11.5. The van der Waals surface area contributed by atoms with Gasteiger partial charge in [0.05, 0.1) is 4.90 Å². The summed E-state index contributed by atoms with van der Waals surface area (Å²) in [4.78, 5) is 2.29. The van der Waals surface area contributed by atoms with E-state index in [0.717, 1.165) is 19.6 Å². The smallest absolute Gasteiger partial charge is 0.238 e. The quantitative estimate of drug-likeness (QED) is 0.708. The van der Waals surface area contributed by atoms with Crippen LogP contribution in [-0.4, -0.2) is 39.6 Å². The highest BCUT2D eigenvalue weighted by atomic mass is 32.2. The van der Waals surface area contributed by atoms with Crippen LogP contribution in [0.15, 0.2) is 59.5 Å². The molecule has 6 nitrogen and oxygen atoms in total. The molecule has 2 rings (SSSR count). The SMILES string of the molecule is NCCN(CCOc1ccc(S(N)(=O)=O)cc1)Cc1ccccc1. The second-order valence-electron chi connectivity index (χ2n) is 5.42. The molecule has 7 heteroatoms. The zero-order chi connectivity index (χ0) is 17.4. The van der Waals surface area contributed by atoms with Crippen LogP contribution in [0.3, 0.4) is 0 Å². The lowest BCUT2D eigenvalue weighted by Crippen LogP contribution is -2.32. The maximum atomic E-state index is 11.2. The maximum absolute atomic E-state index is 11.2. The molecule has 2 aromatic carbocycles. The summed E-state index contributed by atoms with van der Waals surface area (Å²) in [5, 5.41) is 5.07. The van der Waals surface area contributed by atoms with Crippen LogP contribution in [0.4, 0.5) is 0 Å². The van der Waals surface area contributed by atoms with Gasteiger partial charge in [0.2, 0.25) is 10.0 Å². The highest BCUT2D eigenvalue weighted by Crippen LogP contribution is 2.15. The molecule has 24 heavy (non-hydrogen) atoms. The zero-order valence-electron chi connectivity index (χ0n) is 13.5. The normalized spacial score (nSPS) is 11.6. The van der Waals surface area contributed by atoms with Gasteiger partial charge in [-0.2, -0.15) is 0 Å². The molecule has 0 aliphatic carbocycles. The molecule has 0 amide bonds. The van der Waals surface area contributed by atoms with Crippen LogP contribution in [0.5, 0.6) is 5.75 Å². The molecule has 0 fully saturated rings. The van der Waals surface area contributed by atoms with Gasteiger partial charge in [0.1, 0.15) is 12.4 Å². The van der Waals surface area contributed by atoms with E-state index >= 15 is 0 Å². The molecule has 0 unspecified atom stereocenters. The summed E-state index contributed by atoms with van der Waals surface area (Å²) in [5.41, 5.74) is 6.90. The Balaban J connectivity index is 1.86. The largest absolute Gasteiger partial charge is 0.492 e. The molecule has 0 bridgehead atoms. The monoisotopic (exact) mass is 349 g/mol. The van der Waals surface area contributed by atoms with E-state index in [-0.39, 0.29) is 4.90 Å². The van der Waals surface area contributed by atoms with E-state index in [4.69, 9.17) is 15.6 Å². The Hall–Kier alpha value is -1.93. The standard InChI is InChI=1S/C17H23N3O3S/c18-10-11-20(14-15-4-2-1-3-5-15)12-13-23-16-6-8-17(9-7-16)24(19,21)22/h1-9H,10-14,18H2,(H2,19,21,22). The van der Waals surface area contributed by atoms with Crippen molar-refractivity contribution in [1.29, 1.82) is 0 Å². The minimum atomic E-state index is -3.67. The van der Waals surface area contributed by atoms with E-state index in [1.54, 1.807) is 12.1 Å². The van der Waals surface area contributed by atoms with E-state index < -0.39 is 10.0 Å². The van der Waals surface area contributed by atoms with Crippen LogP contribution >= 0.6 is 0 Å². The topological polar surface area (TPSA) is 98.6 Å². The number of nitrogens with two attached hydrogens (primary N) is 2. The molecule has 0 aliphatic rings. The molecule has 0 saturated heterocycles. The number of ether oxygens (including phenoxy) is 1. The Morgan fingerprint density at radius 1 is 0.958 bits per heavy atom. The molecule has 0 heterocycles. The number of nitrogens with zero attached hydrogens (tertiary/aromatic N) is 1. The van der Waals surface area contributed by atoms with Crippen molar-refractivity contribution >= 4 is 10.0 Å². The first kappa shape index (κ1) is 18.4. The van der Waals surface area contributed by atoms with Gasteiger partial charge in [-0.05, 0) is 29.8 Å². The summed E-state index contributed by atoms with van der Waals surface area (Å²) in [6, 6.07) is 16.3. The number of rotatable bonds is 9. The molecule has 0 spiro atoms. The van der Waals surface area contributed by atoms with Crippen LogP contribution in [0.25, 0.3) is 0 Å². The fourth-order valence-corrected chi connectivity index (χ4v) is 2.83. The van der Waals surface area contributed by atoms with Crippen molar-refractivity contribution in [3.05, 3.63) is 60.2 Å². The van der Waals surface area contributed by atoms with E-state index in [1.165, 1.54) is 17.7 Å². The summed E-state index contributed by atoms with van der Waals surface area (Å²) in [6.45, 7) is 3.38. The Bertz CT molecular complexity index is 719. The van der Waals surface area contributed by atoms with E-state index in [0.29, 0.717) is 18.9 Å². The molecule has 0 aliphatic heterocycles. The van der Waals surface area contributed by atoms with Gasteiger partial charge in [-0.3, -0.25) is 4.90 Å². The molecule has 0 aromatic heterocycles. The lowest BCUT2D eigenvalue weighted by Gasteiger charge is -2.21. The highest BCUT2D eigenvalue weighted by Gasteiger charge is 2.08. The van der Waals surface area contributed by atoms with Crippen LogP contribution in [0.2, 0.25) is 0 Å². The number of hydrogen-bond donors (Lipinski definition) is 2. The van der Waals surface area contributed by atoms with E-state index in [1.807, 2.05) is 18.2 Å². The molecule has 0 saturated carbocycles. The van der Waals surface area contributed by atoms with Crippen molar-refractivity contribution in [3.8, 4) is 5.75 Å². The van der Waals surface area contributed by atoms with Gasteiger partial charge in [-0.1, -0.05) is 30.3 Å². The van der Waals surface area contributed by atoms with Crippen LogP contribution < -0.4 is 15.6 Å². The van der Waals surface area contributed by atoms with Crippen molar-refractivity contribution in [1.82, 2.24) is 4.90 Å². The molecular formula is C17H23N3O3S. The van der Waals surface area contributed by atoms with Gasteiger partial charge in [0.15, 0.2) is 0 Å². The highest BCUT2D eigenvalue weighted by molar-refractivity contribution is 7.89. The average Bonchev–Trinajstić information content (AvgIpc) is 2.55. The molecule has 2 aromatic rings. The Labute approximate surface area is 143 Å². The third-order valence-electron chi connectivity index (χ3n) is 3.52. The van der Waals surface area contributed by atoms with Crippen molar-refractivity contribution in [2.75, 3.05) is 26.2 Å². The predicted molar refractivity (Wildman–Crippen MR) is 94.1 cm³/mol. The summed E-state index contributed by atoms with van der Waals surface area (Å²) >= 11 is 0. The van der Waals surface area contributed by atoms with Crippen molar-refractivity contribution in [2.45, 2.75) is 11.4 Å². The molecule has 130 valence electrons. The lowest BCUT2D eigenvalue weighted by molar-refractivity contribution is 0.206. The first-order valence-electron chi connectivity index (χ1n) is 7.71. The van der Waals surface area contributed by atoms with Crippen molar-refractivity contribution < 1.29 is 13.2 Å². The summed E-state index contributed by atoms with van der Waals surface area (Å²) in [7, 11) is -3.67. The fraction of sp³-hybridized carbons (Fsp3) is 0.294. The Morgan fingerprint density at radius 2 is 1.62 bits per heavy atom. The third kappa shape index (κ3) is 5.93. The number of primary sulfonamides is 1. The summed E-state index contributed by atoms with van der Waals surface area (Å²) in [6.07, 6.45) is 0. The molecule has 0 radical (unpaired) electrons. The van der Waals surface area contributed by atoms with E-state index in [2.05, 4.69) is 17.0 Å². The Morgan fingerprint density at radius 3 is 2.21 bits per heavy atom. The first-order valence-corrected chi connectivity index (χ1v) is 9.25. The molecular weight excluding hydrogens is 326 g/mol. The van der Waals surface area contributed by atoms with Crippen LogP contribution in [0.1, 0.15) is 5.56 Å². The van der Waals surface area contributed by atoms with Crippen molar-refractivity contribution in [3.63, 3.8) is 0 Å². The number of sulfonamides is 1. The average molecular weight is 349 g/mol. The van der Waals surface area contributed by atoms with Crippen LogP contribution in [0, 0.1) is 0 Å². The van der Waals surface area contributed by atoms with Crippen molar-refractivity contribution in [2.24, 2.45) is 10.9 Å². The maximum Gasteiger partial charge on any atom is 0.238 e. The lowest BCUT2D eigenvalue weighted by atomic mass is 10.2. The van der Waals surface area contributed by atoms with Gasteiger partial charge in [0.25, 0.3) is 0 Å². The van der Waals surface area contributed by atoms with Gasteiger partial charge < -0.3 is 10.5 Å². The summed E-state index contributed by atoms with van der Waals surface area (Å²) < 4.78 is 28.1. The second kappa shape index (κ2) is 8.79. The van der Waals surface area contributed by atoms with Gasteiger partial charge in [0, 0.05) is 26.2 Å². The minimum absolute atomic E-state index is 0.0729. The molecule has 0 atom stereocenters. The zero-order valence-corrected chi connectivity index (χ0v) is 14.3. The number of benzene rings is 2. The number of hydrogen-bond acceptors (Lipinski definition) is 5. The Kier molecular flexibility index (Phi) is 6.74. The van der Waals surface area contributed by atoms with Gasteiger partial charge in [-0.25, -0.2) is 13.6 Å². The minimum Gasteiger partial charge on any atom is -0.492 e. The summed E-state index contributed by atoms with van der Waals surface area (Å²) in [5.74, 6) is 0.606. The van der Waals surface area contributed by atoms with E-state index in [9.17, 15) is 8.42 Å². The van der Waals surface area contributed by atoms with Crippen LogP contribution in [-0.2, 0) is 16.6 Å². The molecule has 4 N–H and O–H groups in total.